The lowest BCUT2D eigenvalue weighted by atomic mass is 10.4. The normalized spacial score (nSPS) is 10.8. The first kappa shape index (κ1) is 20.5. The molecule has 0 bridgehead atoms. The first-order valence-electron chi connectivity index (χ1n) is 7.07. The number of ether oxygens (including phenoxy) is 4. The van der Waals surface area contributed by atoms with Gasteiger partial charge in [0.15, 0.2) is 0 Å². The fraction of sp³-hybridized carbons (Fsp3) is 0.714. The average molecular weight is 318 g/mol. The monoisotopic (exact) mass is 318 g/mol. The van der Waals surface area contributed by atoms with Gasteiger partial charge in [-0.15, -0.1) is 0 Å². The first-order valence-corrected chi connectivity index (χ1v) is 7.07. The van der Waals surface area contributed by atoms with Crippen molar-refractivity contribution in [3.8, 4) is 0 Å². The van der Waals surface area contributed by atoms with Crippen LogP contribution in [0.5, 0.6) is 0 Å². The molecule has 2 amide bonds. The summed E-state index contributed by atoms with van der Waals surface area (Å²) in [4.78, 5) is 22.8. The molecule has 0 atom stereocenters. The van der Waals surface area contributed by atoms with Crippen LogP contribution in [0.3, 0.4) is 0 Å². The van der Waals surface area contributed by atoms with Crippen LogP contribution < -0.4 is 10.6 Å². The molecule has 0 rings (SSSR count). The second-order valence-electron chi connectivity index (χ2n) is 4.13. The summed E-state index contributed by atoms with van der Waals surface area (Å²) in [7, 11) is 3.18. The lowest BCUT2D eigenvalue weighted by molar-refractivity contribution is -0.119. The van der Waals surface area contributed by atoms with Gasteiger partial charge in [-0.2, -0.15) is 0 Å². The second kappa shape index (κ2) is 15.9. The summed E-state index contributed by atoms with van der Waals surface area (Å²) in [6.07, 6.45) is 2.35. The van der Waals surface area contributed by atoms with Crippen LogP contribution in [0.4, 0.5) is 0 Å². The number of rotatable bonds is 14. The molecule has 0 aliphatic rings. The van der Waals surface area contributed by atoms with Gasteiger partial charge in [0.25, 0.3) is 0 Å². The molecule has 0 aromatic carbocycles. The maximum Gasteiger partial charge on any atom is 0.244 e. The zero-order valence-electron chi connectivity index (χ0n) is 13.3. The Hall–Kier alpha value is -1.48. The van der Waals surface area contributed by atoms with E-state index in [1.54, 1.807) is 14.2 Å². The van der Waals surface area contributed by atoms with Crippen LogP contribution >= 0.6 is 0 Å². The third-order valence-corrected chi connectivity index (χ3v) is 2.34. The molecule has 0 fully saturated rings. The van der Waals surface area contributed by atoms with Crippen molar-refractivity contribution in [1.29, 1.82) is 0 Å². The Kier molecular flexibility index (Phi) is 14.8. The predicted octanol–water partition coefficient (Wildman–Crippen LogP) is -0.899. The number of amides is 2. The lowest BCUT2D eigenvalue weighted by Crippen LogP contribution is -2.28. The molecular weight excluding hydrogens is 292 g/mol. The largest absolute Gasteiger partial charge is 0.382 e. The maximum absolute atomic E-state index is 11.4. The van der Waals surface area contributed by atoms with Crippen molar-refractivity contribution in [3.63, 3.8) is 0 Å². The Labute approximate surface area is 131 Å². The lowest BCUT2D eigenvalue weighted by Gasteiger charge is -2.04. The fourth-order valence-electron chi connectivity index (χ4n) is 1.25. The van der Waals surface area contributed by atoms with E-state index in [0.29, 0.717) is 52.7 Å². The Balaban J connectivity index is 3.51. The van der Waals surface area contributed by atoms with Gasteiger partial charge >= 0.3 is 0 Å². The van der Waals surface area contributed by atoms with Gasteiger partial charge in [-0.3, -0.25) is 9.59 Å². The molecular formula is C14H26N2O6. The standard InChI is InChI=1S/C14H26N2O6/c1-19-9-11-21-7-5-15-13(17)3-4-14(18)16-6-8-22-12-10-20-2/h3-4H,5-12H2,1-2H3,(H,15,17)(H,16,18)/b4-3+. The topological polar surface area (TPSA) is 95.1 Å². The van der Waals surface area contributed by atoms with E-state index < -0.39 is 0 Å². The van der Waals surface area contributed by atoms with Crippen LogP contribution in [0.2, 0.25) is 0 Å². The molecule has 0 aliphatic carbocycles. The molecule has 8 heteroatoms. The molecule has 128 valence electrons. The summed E-state index contributed by atoms with van der Waals surface area (Å²) in [5, 5.41) is 5.19. The molecule has 22 heavy (non-hydrogen) atoms. The third kappa shape index (κ3) is 14.9. The van der Waals surface area contributed by atoms with Gasteiger partial charge in [0, 0.05) is 39.5 Å². The highest BCUT2D eigenvalue weighted by Crippen LogP contribution is 1.79. The minimum atomic E-state index is -0.346. The van der Waals surface area contributed by atoms with Gasteiger partial charge in [0.1, 0.15) is 0 Å². The van der Waals surface area contributed by atoms with Crippen LogP contribution in [0.15, 0.2) is 12.2 Å². The van der Waals surface area contributed by atoms with E-state index in [-0.39, 0.29) is 11.8 Å². The van der Waals surface area contributed by atoms with Crippen LogP contribution in [-0.2, 0) is 28.5 Å². The Morgan fingerprint density at radius 1 is 0.727 bits per heavy atom. The van der Waals surface area contributed by atoms with E-state index in [0.717, 1.165) is 0 Å². The van der Waals surface area contributed by atoms with Crippen molar-refractivity contribution in [2.75, 3.05) is 67.0 Å². The van der Waals surface area contributed by atoms with Crippen LogP contribution in [0.25, 0.3) is 0 Å². The molecule has 0 saturated carbocycles. The average Bonchev–Trinajstić information content (AvgIpc) is 2.52. The molecule has 0 aromatic rings. The van der Waals surface area contributed by atoms with Crippen LogP contribution in [0, 0.1) is 0 Å². The quantitative estimate of drug-likeness (QED) is 0.318. The van der Waals surface area contributed by atoms with Crippen LogP contribution in [0.1, 0.15) is 0 Å². The number of carbonyl (C=O) groups excluding carboxylic acids is 2. The number of methoxy groups -OCH3 is 2. The van der Waals surface area contributed by atoms with Gasteiger partial charge in [-0.25, -0.2) is 0 Å². The van der Waals surface area contributed by atoms with Crippen molar-refractivity contribution in [2.45, 2.75) is 0 Å². The van der Waals surface area contributed by atoms with Crippen LogP contribution in [-0.4, -0.2) is 78.8 Å². The van der Waals surface area contributed by atoms with E-state index in [1.807, 2.05) is 0 Å². The van der Waals surface area contributed by atoms with E-state index in [9.17, 15) is 9.59 Å². The Morgan fingerprint density at radius 2 is 1.14 bits per heavy atom. The molecule has 0 saturated heterocycles. The molecule has 0 radical (unpaired) electrons. The maximum atomic E-state index is 11.4. The zero-order chi connectivity index (χ0) is 16.5. The van der Waals surface area contributed by atoms with Gasteiger partial charge in [-0.05, 0) is 0 Å². The smallest absolute Gasteiger partial charge is 0.244 e. The first-order chi connectivity index (χ1) is 10.7. The number of hydrogen-bond acceptors (Lipinski definition) is 6. The SMILES string of the molecule is COCCOCCNC(=O)/C=C/C(=O)NCCOCCOC. The van der Waals surface area contributed by atoms with E-state index >= 15 is 0 Å². The number of hydrogen-bond donors (Lipinski definition) is 2. The Morgan fingerprint density at radius 3 is 1.50 bits per heavy atom. The highest BCUT2D eigenvalue weighted by molar-refractivity contribution is 5.96. The molecule has 2 N–H and O–H groups in total. The van der Waals surface area contributed by atoms with Crippen molar-refractivity contribution < 1.29 is 28.5 Å². The third-order valence-electron chi connectivity index (χ3n) is 2.34. The summed E-state index contributed by atoms with van der Waals surface area (Å²) in [6.45, 7) is 3.55. The summed E-state index contributed by atoms with van der Waals surface area (Å²) < 4.78 is 20.0. The molecule has 0 unspecified atom stereocenters. The minimum absolute atomic E-state index is 0.346. The highest BCUT2D eigenvalue weighted by atomic mass is 16.5. The predicted molar refractivity (Wildman–Crippen MR) is 80.5 cm³/mol. The number of nitrogens with one attached hydrogen (secondary N) is 2. The molecule has 0 aromatic heterocycles. The summed E-state index contributed by atoms with van der Waals surface area (Å²) in [6, 6.07) is 0. The summed E-state index contributed by atoms with van der Waals surface area (Å²) in [5.74, 6) is -0.691. The van der Waals surface area contributed by atoms with Crippen molar-refractivity contribution in [2.24, 2.45) is 0 Å². The second-order valence-corrected chi connectivity index (χ2v) is 4.13. The van der Waals surface area contributed by atoms with E-state index in [1.165, 1.54) is 12.2 Å². The van der Waals surface area contributed by atoms with Gasteiger partial charge < -0.3 is 29.6 Å². The number of carbonyl (C=O) groups is 2. The molecule has 8 nitrogen and oxygen atoms in total. The fourth-order valence-corrected chi connectivity index (χ4v) is 1.25. The minimum Gasteiger partial charge on any atom is -0.382 e. The van der Waals surface area contributed by atoms with Crippen molar-refractivity contribution in [3.05, 3.63) is 12.2 Å². The van der Waals surface area contributed by atoms with E-state index in [2.05, 4.69) is 10.6 Å². The summed E-state index contributed by atoms with van der Waals surface area (Å²) in [5.41, 5.74) is 0. The molecule has 0 aliphatic heterocycles. The van der Waals surface area contributed by atoms with Gasteiger partial charge in [0.2, 0.25) is 11.8 Å². The van der Waals surface area contributed by atoms with E-state index in [4.69, 9.17) is 18.9 Å². The molecule has 0 heterocycles. The van der Waals surface area contributed by atoms with Gasteiger partial charge in [-0.1, -0.05) is 0 Å². The summed E-state index contributed by atoms with van der Waals surface area (Å²) >= 11 is 0. The van der Waals surface area contributed by atoms with Crippen molar-refractivity contribution >= 4 is 11.8 Å². The zero-order valence-corrected chi connectivity index (χ0v) is 13.3. The van der Waals surface area contributed by atoms with Crippen molar-refractivity contribution in [1.82, 2.24) is 10.6 Å². The highest BCUT2D eigenvalue weighted by Gasteiger charge is 1.98. The van der Waals surface area contributed by atoms with Gasteiger partial charge in [0.05, 0.1) is 39.6 Å². The molecule has 0 spiro atoms. The Bertz CT molecular complexity index is 292.